The van der Waals surface area contributed by atoms with E-state index < -0.39 is 11.9 Å². The van der Waals surface area contributed by atoms with E-state index in [1.54, 1.807) is 24.3 Å². The highest BCUT2D eigenvalue weighted by atomic mass is 16.4. The number of nitrogens with zero attached hydrogens (tertiary/aromatic N) is 1. The number of carboxylic acids is 1. The van der Waals surface area contributed by atoms with Crippen molar-refractivity contribution in [3.63, 3.8) is 0 Å². The standard InChI is InChI=1S/C20H20N2O4/c23-16-3-1-2-13(9-16)19(24)21-18-10-15(6-7-17(18)20(25)26)22-11-12-4-5-14(22)8-12/h1-3,6-7,9-10,12,14,23H,4-5,8,11H2,(H,21,24)(H,25,26). The molecule has 1 amide bonds. The molecular formula is C20H20N2O4. The van der Waals surface area contributed by atoms with Crippen molar-refractivity contribution in [2.75, 3.05) is 16.8 Å². The maximum Gasteiger partial charge on any atom is 0.337 e. The Balaban J connectivity index is 1.63. The molecule has 1 saturated heterocycles. The quantitative estimate of drug-likeness (QED) is 0.785. The number of benzene rings is 2. The maximum atomic E-state index is 12.5. The van der Waals surface area contributed by atoms with E-state index in [0.29, 0.717) is 12.0 Å². The second kappa shape index (κ2) is 6.37. The van der Waals surface area contributed by atoms with Gasteiger partial charge in [0.25, 0.3) is 5.91 Å². The monoisotopic (exact) mass is 352 g/mol. The minimum atomic E-state index is -1.09. The Kier molecular flexibility index (Phi) is 4.03. The third-order valence-corrected chi connectivity index (χ3v) is 5.33. The summed E-state index contributed by atoms with van der Waals surface area (Å²) in [4.78, 5) is 26.3. The van der Waals surface area contributed by atoms with Gasteiger partial charge in [0.2, 0.25) is 0 Å². The average Bonchev–Trinajstić information content (AvgIpc) is 3.24. The van der Waals surface area contributed by atoms with Crippen LogP contribution >= 0.6 is 0 Å². The van der Waals surface area contributed by atoms with Crippen molar-refractivity contribution in [2.24, 2.45) is 5.92 Å². The predicted molar refractivity (Wildman–Crippen MR) is 97.9 cm³/mol. The van der Waals surface area contributed by atoms with E-state index in [2.05, 4.69) is 10.2 Å². The maximum absolute atomic E-state index is 12.5. The number of carbonyl (C=O) groups is 2. The molecule has 1 aliphatic heterocycles. The highest BCUT2D eigenvalue weighted by molar-refractivity contribution is 6.08. The van der Waals surface area contributed by atoms with Crippen molar-refractivity contribution in [3.05, 3.63) is 53.6 Å². The Morgan fingerprint density at radius 2 is 1.96 bits per heavy atom. The molecule has 134 valence electrons. The summed E-state index contributed by atoms with van der Waals surface area (Å²) in [5.74, 6) is -0.850. The average molecular weight is 352 g/mol. The van der Waals surface area contributed by atoms with Gasteiger partial charge in [-0.25, -0.2) is 4.79 Å². The Morgan fingerprint density at radius 1 is 1.12 bits per heavy atom. The molecule has 1 heterocycles. The molecule has 2 aromatic carbocycles. The molecule has 2 bridgehead atoms. The molecule has 1 aliphatic carbocycles. The summed E-state index contributed by atoms with van der Waals surface area (Å²) in [6, 6.07) is 11.6. The number of carboxylic acid groups (broad SMARTS) is 1. The normalized spacial score (nSPS) is 21.0. The zero-order valence-electron chi connectivity index (χ0n) is 14.2. The summed E-state index contributed by atoms with van der Waals surface area (Å²) in [5.41, 5.74) is 1.53. The highest BCUT2D eigenvalue weighted by Crippen LogP contribution is 2.41. The van der Waals surface area contributed by atoms with Crippen LogP contribution in [0.15, 0.2) is 42.5 Å². The van der Waals surface area contributed by atoms with Crippen LogP contribution in [0.1, 0.15) is 40.0 Å². The summed E-state index contributed by atoms with van der Waals surface area (Å²) in [7, 11) is 0. The van der Waals surface area contributed by atoms with Crippen molar-refractivity contribution in [3.8, 4) is 5.75 Å². The van der Waals surface area contributed by atoms with Crippen LogP contribution in [0.3, 0.4) is 0 Å². The number of amides is 1. The van der Waals surface area contributed by atoms with E-state index in [-0.39, 0.29) is 22.6 Å². The summed E-state index contributed by atoms with van der Waals surface area (Å²) in [5, 5.41) is 21.7. The van der Waals surface area contributed by atoms with Crippen LogP contribution in [0.25, 0.3) is 0 Å². The third-order valence-electron chi connectivity index (χ3n) is 5.33. The van der Waals surface area contributed by atoms with Gasteiger partial charge < -0.3 is 20.4 Å². The fourth-order valence-corrected chi connectivity index (χ4v) is 4.08. The second-order valence-corrected chi connectivity index (χ2v) is 7.02. The SMILES string of the molecule is O=C(Nc1cc(N2CC3CCC2C3)ccc1C(=O)O)c1cccc(O)c1. The molecule has 0 spiro atoms. The zero-order valence-corrected chi connectivity index (χ0v) is 14.2. The second-order valence-electron chi connectivity index (χ2n) is 7.02. The first kappa shape index (κ1) is 16.4. The van der Waals surface area contributed by atoms with E-state index in [4.69, 9.17) is 0 Å². The topological polar surface area (TPSA) is 89.9 Å². The minimum Gasteiger partial charge on any atom is -0.508 e. The van der Waals surface area contributed by atoms with Crippen molar-refractivity contribution in [2.45, 2.75) is 25.3 Å². The molecule has 2 aliphatic rings. The molecule has 0 radical (unpaired) electrons. The van der Waals surface area contributed by atoms with Crippen LogP contribution in [-0.4, -0.2) is 34.7 Å². The number of piperidine rings is 1. The van der Waals surface area contributed by atoms with Gasteiger partial charge in [0.05, 0.1) is 11.3 Å². The number of aromatic hydroxyl groups is 1. The van der Waals surface area contributed by atoms with Gasteiger partial charge in [-0.05, 0) is 61.6 Å². The summed E-state index contributed by atoms with van der Waals surface area (Å²) in [6.07, 6.45) is 3.61. The lowest BCUT2D eigenvalue weighted by atomic mass is 10.1. The summed E-state index contributed by atoms with van der Waals surface area (Å²) >= 11 is 0. The smallest absolute Gasteiger partial charge is 0.337 e. The number of phenolic OH excluding ortho intramolecular Hbond substituents is 1. The molecule has 2 unspecified atom stereocenters. The minimum absolute atomic E-state index is 0.0158. The molecular weight excluding hydrogens is 332 g/mol. The third kappa shape index (κ3) is 2.98. The van der Waals surface area contributed by atoms with Crippen LogP contribution in [0.4, 0.5) is 11.4 Å². The Labute approximate surface area is 151 Å². The van der Waals surface area contributed by atoms with E-state index in [0.717, 1.165) is 18.7 Å². The van der Waals surface area contributed by atoms with Crippen molar-refractivity contribution < 1.29 is 19.8 Å². The van der Waals surface area contributed by atoms with Crippen molar-refractivity contribution >= 4 is 23.3 Å². The van der Waals surface area contributed by atoms with Crippen LogP contribution in [0.5, 0.6) is 5.75 Å². The lowest BCUT2D eigenvalue weighted by Crippen LogP contribution is -2.32. The zero-order chi connectivity index (χ0) is 18.3. The van der Waals surface area contributed by atoms with Crippen LogP contribution in [0, 0.1) is 5.92 Å². The van der Waals surface area contributed by atoms with Gasteiger partial charge >= 0.3 is 5.97 Å². The number of fused-ring (bicyclic) bond motifs is 2. The van der Waals surface area contributed by atoms with Gasteiger partial charge in [-0.3, -0.25) is 4.79 Å². The van der Waals surface area contributed by atoms with E-state index in [1.165, 1.54) is 25.0 Å². The van der Waals surface area contributed by atoms with Gasteiger partial charge in [0.15, 0.2) is 0 Å². The number of rotatable bonds is 4. The van der Waals surface area contributed by atoms with Crippen LogP contribution in [0.2, 0.25) is 0 Å². The Morgan fingerprint density at radius 3 is 2.62 bits per heavy atom. The number of carbonyl (C=O) groups excluding carboxylic acids is 1. The molecule has 2 aromatic rings. The fourth-order valence-electron chi connectivity index (χ4n) is 4.08. The molecule has 6 nitrogen and oxygen atoms in total. The summed E-state index contributed by atoms with van der Waals surface area (Å²) < 4.78 is 0. The van der Waals surface area contributed by atoms with Gasteiger partial charge in [-0.1, -0.05) is 6.07 Å². The number of nitrogens with one attached hydrogen (secondary N) is 1. The first-order valence-corrected chi connectivity index (χ1v) is 8.75. The first-order chi connectivity index (χ1) is 12.5. The predicted octanol–water partition coefficient (Wildman–Crippen LogP) is 3.33. The van der Waals surface area contributed by atoms with E-state index >= 15 is 0 Å². The summed E-state index contributed by atoms with van der Waals surface area (Å²) in [6.45, 7) is 0.983. The van der Waals surface area contributed by atoms with Gasteiger partial charge in [0, 0.05) is 23.8 Å². The Bertz CT molecular complexity index is 880. The molecule has 3 N–H and O–H groups in total. The van der Waals surface area contributed by atoms with Gasteiger partial charge in [0.1, 0.15) is 5.75 Å². The first-order valence-electron chi connectivity index (χ1n) is 8.75. The highest BCUT2D eigenvalue weighted by Gasteiger charge is 2.38. The molecule has 26 heavy (non-hydrogen) atoms. The van der Waals surface area contributed by atoms with Gasteiger partial charge in [-0.2, -0.15) is 0 Å². The molecule has 4 rings (SSSR count). The van der Waals surface area contributed by atoms with Crippen molar-refractivity contribution in [1.29, 1.82) is 0 Å². The largest absolute Gasteiger partial charge is 0.508 e. The van der Waals surface area contributed by atoms with E-state index in [9.17, 15) is 19.8 Å². The van der Waals surface area contributed by atoms with Crippen LogP contribution in [-0.2, 0) is 0 Å². The molecule has 2 atom stereocenters. The van der Waals surface area contributed by atoms with E-state index in [1.807, 2.05) is 6.07 Å². The number of aromatic carboxylic acids is 1. The lowest BCUT2D eigenvalue weighted by Gasteiger charge is -2.29. The number of hydrogen-bond donors (Lipinski definition) is 3. The number of anilines is 2. The molecule has 1 saturated carbocycles. The lowest BCUT2D eigenvalue weighted by molar-refractivity contribution is 0.0698. The molecule has 6 heteroatoms. The van der Waals surface area contributed by atoms with Crippen molar-refractivity contribution in [1.82, 2.24) is 0 Å². The Hall–Kier alpha value is -3.02. The van der Waals surface area contributed by atoms with Gasteiger partial charge in [-0.15, -0.1) is 0 Å². The number of hydrogen-bond acceptors (Lipinski definition) is 4. The number of phenols is 1. The molecule has 0 aromatic heterocycles. The fraction of sp³-hybridized carbons (Fsp3) is 0.300. The van der Waals surface area contributed by atoms with Crippen LogP contribution < -0.4 is 10.2 Å². The molecule has 2 fully saturated rings.